The number of methoxy groups -OCH3 is 1. The second kappa shape index (κ2) is 14.3. The number of guanidine groups is 1. The third-order valence-corrected chi connectivity index (χ3v) is 6.41. The van der Waals surface area contributed by atoms with Gasteiger partial charge < -0.3 is 20.3 Å². The molecule has 0 spiro atoms. The molecule has 0 saturated carbocycles. The Labute approximate surface area is 212 Å². The van der Waals surface area contributed by atoms with Crippen molar-refractivity contribution in [2.24, 2.45) is 10.9 Å². The van der Waals surface area contributed by atoms with Gasteiger partial charge in [0.25, 0.3) is 0 Å². The van der Waals surface area contributed by atoms with Crippen molar-refractivity contribution in [2.45, 2.75) is 24.8 Å². The fraction of sp³-hybridized carbons (Fsp3) is 0.417. The van der Waals surface area contributed by atoms with Crippen LogP contribution < -0.4 is 15.4 Å². The Morgan fingerprint density at radius 1 is 1.16 bits per heavy atom. The number of thioether (sulfide) groups is 1. The van der Waals surface area contributed by atoms with E-state index in [0.29, 0.717) is 12.5 Å². The number of carbonyl (C=O) groups excluding carboxylic acids is 1. The highest BCUT2D eigenvalue weighted by Gasteiger charge is 2.25. The maximum atomic E-state index is 12.3. The molecule has 3 rings (SSSR count). The Kier molecular flexibility index (Phi) is 11.7. The van der Waals surface area contributed by atoms with E-state index in [4.69, 9.17) is 4.74 Å². The number of nitrogens with one attached hydrogen (secondary N) is 2. The van der Waals surface area contributed by atoms with Crippen molar-refractivity contribution in [3.63, 3.8) is 0 Å². The lowest BCUT2D eigenvalue weighted by atomic mass is 10.2. The molecule has 1 unspecified atom stereocenters. The van der Waals surface area contributed by atoms with Crippen molar-refractivity contribution in [2.75, 3.05) is 39.0 Å². The highest BCUT2D eigenvalue weighted by molar-refractivity contribution is 14.0. The van der Waals surface area contributed by atoms with E-state index in [1.54, 1.807) is 7.11 Å². The van der Waals surface area contributed by atoms with Gasteiger partial charge in [0.2, 0.25) is 5.91 Å². The zero-order valence-corrected chi connectivity index (χ0v) is 21.9. The molecule has 1 atom stereocenters. The predicted molar refractivity (Wildman–Crippen MR) is 143 cm³/mol. The molecule has 6 nitrogen and oxygen atoms in total. The standard InChI is InChI=1S/C24H32N4O2S.HI/c1-3-25-24(27-16-23(29)26-15-19-9-11-21(30-2)12-10-19)28-14-13-20(17-28)18-31-22-7-5-4-6-8-22;/h4-12,20H,3,13-18H2,1-2H3,(H,25,27)(H,26,29);1H. The number of halogens is 1. The van der Waals surface area contributed by atoms with E-state index in [-0.39, 0.29) is 36.4 Å². The van der Waals surface area contributed by atoms with Crippen molar-refractivity contribution in [1.82, 2.24) is 15.5 Å². The summed E-state index contributed by atoms with van der Waals surface area (Å²) in [5.41, 5.74) is 1.03. The van der Waals surface area contributed by atoms with Gasteiger partial charge in [-0.1, -0.05) is 30.3 Å². The average Bonchev–Trinajstić information content (AvgIpc) is 3.29. The lowest BCUT2D eigenvalue weighted by molar-refractivity contribution is -0.119. The van der Waals surface area contributed by atoms with Gasteiger partial charge in [-0.05, 0) is 49.1 Å². The number of ether oxygens (including phenoxy) is 1. The summed E-state index contributed by atoms with van der Waals surface area (Å²) >= 11 is 1.91. The number of benzene rings is 2. The first-order valence-electron chi connectivity index (χ1n) is 10.8. The van der Waals surface area contributed by atoms with Gasteiger partial charge in [0.05, 0.1) is 7.11 Å². The first-order chi connectivity index (χ1) is 15.2. The van der Waals surface area contributed by atoms with Crippen molar-refractivity contribution in [3.8, 4) is 5.75 Å². The molecule has 2 N–H and O–H groups in total. The van der Waals surface area contributed by atoms with Crippen molar-refractivity contribution < 1.29 is 9.53 Å². The summed E-state index contributed by atoms with van der Waals surface area (Å²) in [6.07, 6.45) is 1.15. The maximum Gasteiger partial charge on any atom is 0.242 e. The van der Waals surface area contributed by atoms with Crippen LogP contribution in [-0.4, -0.2) is 55.8 Å². The zero-order chi connectivity index (χ0) is 21.9. The molecular formula is C24H33IN4O2S. The first-order valence-corrected chi connectivity index (χ1v) is 11.8. The second-order valence-electron chi connectivity index (χ2n) is 7.52. The van der Waals surface area contributed by atoms with Crippen LogP contribution in [0.15, 0.2) is 64.5 Å². The van der Waals surface area contributed by atoms with Crippen LogP contribution in [0.25, 0.3) is 0 Å². The van der Waals surface area contributed by atoms with Crippen LogP contribution in [0, 0.1) is 5.92 Å². The summed E-state index contributed by atoms with van der Waals surface area (Å²) in [6, 6.07) is 18.2. The highest BCUT2D eigenvalue weighted by Crippen LogP contribution is 2.25. The average molecular weight is 569 g/mol. The molecule has 1 saturated heterocycles. The van der Waals surface area contributed by atoms with Crippen LogP contribution in [0.5, 0.6) is 5.75 Å². The largest absolute Gasteiger partial charge is 0.497 e. The summed E-state index contributed by atoms with van der Waals surface area (Å²) in [6.45, 7) is 5.39. The topological polar surface area (TPSA) is 66.0 Å². The minimum absolute atomic E-state index is 0. The Hall–Kier alpha value is -1.94. The maximum absolute atomic E-state index is 12.3. The molecule has 32 heavy (non-hydrogen) atoms. The van der Waals surface area contributed by atoms with Crippen LogP contribution >= 0.6 is 35.7 Å². The van der Waals surface area contributed by atoms with E-state index in [0.717, 1.165) is 49.1 Å². The number of rotatable bonds is 9. The minimum atomic E-state index is -0.0819. The summed E-state index contributed by atoms with van der Waals surface area (Å²) in [5.74, 6) is 3.28. The fourth-order valence-corrected chi connectivity index (χ4v) is 4.51. The molecule has 0 radical (unpaired) electrons. The Balaban J connectivity index is 0.00000363. The van der Waals surface area contributed by atoms with Crippen molar-refractivity contribution >= 4 is 47.6 Å². The molecule has 1 fully saturated rings. The molecule has 1 heterocycles. The molecule has 1 aliphatic heterocycles. The molecule has 0 bridgehead atoms. The molecular weight excluding hydrogens is 535 g/mol. The van der Waals surface area contributed by atoms with E-state index in [1.807, 2.05) is 42.1 Å². The van der Waals surface area contributed by atoms with Crippen LogP contribution in [0.2, 0.25) is 0 Å². The van der Waals surface area contributed by atoms with Gasteiger partial charge >= 0.3 is 0 Å². The van der Waals surface area contributed by atoms with E-state index >= 15 is 0 Å². The third-order valence-electron chi connectivity index (χ3n) is 5.17. The van der Waals surface area contributed by atoms with Crippen LogP contribution in [-0.2, 0) is 11.3 Å². The fourth-order valence-electron chi connectivity index (χ4n) is 3.46. The molecule has 2 aromatic carbocycles. The zero-order valence-electron chi connectivity index (χ0n) is 18.8. The molecule has 1 aliphatic rings. The normalized spacial score (nSPS) is 15.8. The van der Waals surface area contributed by atoms with E-state index in [1.165, 1.54) is 4.90 Å². The van der Waals surface area contributed by atoms with Crippen molar-refractivity contribution in [3.05, 3.63) is 60.2 Å². The third kappa shape index (κ3) is 8.54. The number of nitrogens with zero attached hydrogens (tertiary/aromatic N) is 2. The predicted octanol–water partition coefficient (Wildman–Crippen LogP) is 4.01. The molecule has 8 heteroatoms. The Bertz CT molecular complexity index is 849. The monoisotopic (exact) mass is 568 g/mol. The Morgan fingerprint density at radius 3 is 2.59 bits per heavy atom. The van der Waals surface area contributed by atoms with Gasteiger partial charge in [-0.25, -0.2) is 4.99 Å². The second-order valence-corrected chi connectivity index (χ2v) is 8.61. The number of likely N-dealkylation sites (tertiary alicyclic amines) is 1. The highest BCUT2D eigenvalue weighted by atomic mass is 127. The number of hydrogen-bond acceptors (Lipinski definition) is 4. The van der Waals surface area contributed by atoms with Crippen LogP contribution in [0.3, 0.4) is 0 Å². The summed E-state index contributed by atoms with van der Waals surface area (Å²) in [7, 11) is 1.64. The quantitative estimate of drug-likeness (QED) is 0.207. The van der Waals surface area contributed by atoms with Crippen LogP contribution in [0.4, 0.5) is 0 Å². The van der Waals surface area contributed by atoms with Gasteiger partial charge in [-0.15, -0.1) is 35.7 Å². The van der Waals surface area contributed by atoms with Gasteiger partial charge in [-0.2, -0.15) is 0 Å². The van der Waals surface area contributed by atoms with Crippen LogP contribution in [0.1, 0.15) is 18.9 Å². The van der Waals surface area contributed by atoms with Gasteiger partial charge in [0, 0.05) is 36.8 Å². The molecule has 0 aliphatic carbocycles. The van der Waals surface area contributed by atoms with Gasteiger partial charge in [-0.3, -0.25) is 4.79 Å². The lowest BCUT2D eigenvalue weighted by Crippen LogP contribution is -2.41. The molecule has 1 amide bonds. The number of aliphatic imine (C=N–C) groups is 1. The van der Waals surface area contributed by atoms with E-state index in [2.05, 4.69) is 51.7 Å². The summed E-state index contributed by atoms with van der Waals surface area (Å²) in [4.78, 5) is 20.5. The molecule has 174 valence electrons. The number of hydrogen-bond donors (Lipinski definition) is 2. The lowest BCUT2D eigenvalue weighted by Gasteiger charge is -2.21. The van der Waals surface area contributed by atoms with Gasteiger partial charge in [0.1, 0.15) is 12.3 Å². The minimum Gasteiger partial charge on any atom is -0.497 e. The first kappa shape index (κ1) is 26.3. The summed E-state index contributed by atoms with van der Waals surface area (Å²) in [5, 5.41) is 6.27. The van der Waals surface area contributed by atoms with E-state index in [9.17, 15) is 4.79 Å². The number of amides is 1. The molecule has 0 aromatic heterocycles. The van der Waals surface area contributed by atoms with Crippen molar-refractivity contribution in [1.29, 1.82) is 0 Å². The number of carbonyl (C=O) groups is 1. The summed E-state index contributed by atoms with van der Waals surface area (Å²) < 4.78 is 5.16. The van der Waals surface area contributed by atoms with E-state index < -0.39 is 0 Å². The smallest absolute Gasteiger partial charge is 0.242 e. The molecule has 2 aromatic rings. The van der Waals surface area contributed by atoms with Gasteiger partial charge in [0.15, 0.2) is 5.96 Å². The Morgan fingerprint density at radius 2 is 1.91 bits per heavy atom. The SMILES string of the molecule is CCNC(=NCC(=O)NCc1ccc(OC)cc1)N1CCC(CSc2ccccc2)C1.I.